The van der Waals surface area contributed by atoms with E-state index < -0.39 is 6.10 Å². The third kappa shape index (κ3) is 5.07. The molecule has 2 aromatic heterocycles. The molecule has 0 aliphatic carbocycles. The number of rotatable bonds is 10. The first kappa shape index (κ1) is 20.4. The number of hydrogen-bond acceptors (Lipinski definition) is 7. The van der Waals surface area contributed by atoms with Gasteiger partial charge in [0.1, 0.15) is 6.10 Å². The molecule has 2 aromatic rings. The Balaban J connectivity index is 2.07. The molecule has 0 aromatic carbocycles. The average molecular weight is 398 g/mol. The number of nitrogens with zero attached hydrogens (tertiary/aromatic N) is 3. The molecule has 1 unspecified atom stereocenters. The summed E-state index contributed by atoms with van der Waals surface area (Å²) in [4.78, 5) is 17.5. The number of H-pyrrole nitrogens is 1. The summed E-state index contributed by atoms with van der Waals surface area (Å²) in [5, 5.41) is 10.3. The summed E-state index contributed by atoms with van der Waals surface area (Å²) in [7, 11) is 0. The fourth-order valence-electron chi connectivity index (χ4n) is 2.16. The van der Waals surface area contributed by atoms with Gasteiger partial charge in [-0.2, -0.15) is 5.10 Å². The Morgan fingerprint density at radius 1 is 1.54 bits per heavy atom. The first-order chi connectivity index (χ1) is 12.5. The number of aromatic nitrogens is 4. The lowest BCUT2D eigenvalue weighted by Crippen LogP contribution is -2.28. The topological polar surface area (TPSA) is 94.1 Å². The van der Waals surface area contributed by atoms with Crippen molar-refractivity contribution in [3.8, 4) is 10.7 Å². The van der Waals surface area contributed by atoms with Crippen LogP contribution in [-0.4, -0.2) is 51.6 Å². The van der Waals surface area contributed by atoms with Crippen molar-refractivity contribution in [2.75, 3.05) is 25.1 Å². The second-order valence-corrected chi connectivity index (χ2v) is 6.77. The number of ether oxygens (including phenoxy) is 2. The lowest BCUT2D eigenvalue weighted by Gasteiger charge is -2.11. The van der Waals surface area contributed by atoms with E-state index in [1.807, 2.05) is 18.4 Å². The van der Waals surface area contributed by atoms with Crippen molar-refractivity contribution in [1.82, 2.24) is 19.7 Å². The van der Waals surface area contributed by atoms with Gasteiger partial charge in [0.2, 0.25) is 0 Å². The van der Waals surface area contributed by atoms with Crippen LogP contribution in [0.3, 0.4) is 0 Å². The number of carbonyl (C=O) groups excluding carboxylic acids is 1. The summed E-state index contributed by atoms with van der Waals surface area (Å²) in [6.07, 6.45) is 1.15. The highest BCUT2D eigenvalue weighted by Gasteiger charge is 2.19. The largest absolute Gasteiger partial charge is 0.379 e. The van der Waals surface area contributed by atoms with Crippen molar-refractivity contribution < 1.29 is 14.3 Å². The monoisotopic (exact) mass is 397 g/mol. The Morgan fingerprint density at radius 2 is 2.31 bits per heavy atom. The van der Waals surface area contributed by atoms with Gasteiger partial charge in [0.15, 0.2) is 15.7 Å². The van der Waals surface area contributed by atoms with Crippen molar-refractivity contribution in [1.29, 1.82) is 0 Å². The summed E-state index contributed by atoms with van der Waals surface area (Å²) < 4.78 is 13.0. The first-order valence-electron chi connectivity index (χ1n) is 8.22. The molecular weight excluding hydrogens is 374 g/mol. The normalized spacial score (nSPS) is 12.1. The van der Waals surface area contributed by atoms with Gasteiger partial charge < -0.3 is 9.47 Å². The highest BCUT2D eigenvalue weighted by molar-refractivity contribution is 7.71. The van der Waals surface area contributed by atoms with Crippen LogP contribution in [0, 0.1) is 11.7 Å². The van der Waals surface area contributed by atoms with Crippen molar-refractivity contribution in [3.05, 3.63) is 23.1 Å². The van der Waals surface area contributed by atoms with E-state index in [0.717, 1.165) is 10.6 Å². The highest BCUT2D eigenvalue weighted by atomic mass is 32.1. The maximum Gasteiger partial charge on any atom is 0.254 e. The molecule has 2 heterocycles. The lowest BCUT2D eigenvalue weighted by molar-refractivity contribution is -0.127. The van der Waals surface area contributed by atoms with Crippen molar-refractivity contribution >= 4 is 34.6 Å². The Labute approximate surface area is 161 Å². The zero-order valence-corrected chi connectivity index (χ0v) is 16.7. The van der Waals surface area contributed by atoms with Gasteiger partial charge in [0, 0.05) is 13.2 Å². The first-order valence-corrected chi connectivity index (χ1v) is 9.44. The smallest absolute Gasteiger partial charge is 0.254 e. The van der Waals surface area contributed by atoms with Crippen LogP contribution in [-0.2, 0) is 20.8 Å². The van der Waals surface area contributed by atoms with Crippen LogP contribution in [0.4, 0.5) is 5.13 Å². The van der Waals surface area contributed by atoms with Gasteiger partial charge in [-0.15, -0.1) is 6.58 Å². The average Bonchev–Trinajstić information content (AvgIpc) is 3.14. The van der Waals surface area contributed by atoms with E-state index >= 15 is 0 Å². The predicted octanol–water partition coefficient (Wildman–Crippen LogP) is 2.94. The Morgan fingerprint density at radius 3 is 3.00 bits per heavy atom. The van der Waals surface area contributed by atoms with Gasteiger partial charge >= 0.3 is 0 Å². The maximum atomic E-state index is 12.2. The van der Waals surface area contributed by atoms with Gasteiger partial charge in [0.05, 0.1) is 23.8 Å². The lowest BCUT2D eigenvalue weighted by atomic mass is 10.3. The Hall–Kier alpha value is -1.88. The molecule has 0 radical (unpaired) electrons. The maximum absolute atomic E-state index is 12.2. The minimum atomic E-state index is -0.599. The number of amides is 1. The third-order valence-electron chi connectivity index (χ3n) is 3.47. The number of aromatic amines is 1. The standard InChI is InChI=1S/C16H23N5O3S2/c1-5-7-21-13(19-20-16(21)25)12-10(3)17-15(26-12)18-14(22)11(4)24-9-8-23-6-2/h5,11H,1,6-9H2,2-4H3,(H,20,25)(H,17,18,22). The van der Waals surface area contributed by atoms with Gasteiger partial charge in [0.25, 0.3) is 5.91 Å². The quantitative estimate of drug-likeness (QED) is 0.364. The van der Waals surface area contributed by atoms with E-state index in [1.54, 1.807) is 13.0 Å². The fraction of sp³-hybridized carbons (Fsp3) is 0.500. The Bertz CT molecular complexity index is 811. The van der Waals surface area contributed by atoms with Crippen LogP contribution in [0.2, 0.25) is 0 Å². The van der Waals surface area contributed by atoms with Crippen LogP contribution >= 0.6 is 23.6 Å². The molecule has 0 fully saturated rings. The number of anilines is 1. The summed E-state index contributed by atoms with van der Waals surface area (Å²) in [6, 6.07) is 0. The molecule has 0 saturated carbocycles. The van der Waals surface area contributed by atoms with Gasteiger partial charge in [-0.1, -0.05) is 17.4 Å². The molecule has 8 nitrogen and oxygen atoms in total. The minimum absolute atomic E-state index is 0.258. The molecule has 0 aliphatic heterocycles. The summed E-state index contributed by atoms with van der Waals surface area (Å²) in [5.74, 6) is 0.415. The number of allylic oxidation sites excluding steroid dienone is 1. The van der Waals surface area contributed by atoms with Crippen molar-refractivity contribution in [2.45, 2.75) is 33.4 Å². The van der Waals surface area contributed by atoms with E-state index in [9.17, 15) is 4.79 Å². The molecule has 0 bridgehead atoms. The number of nitrogens with one attached hydrogen (secondary N) is 2. The van der Waals surface area contributed by atoms with E-state index in [1.165, 1.54) is 11.3 Å². The molecule has 1 amide bonds. The molecule has 1 atom stereocenters. The third-order valence-corrected chi connectivity index (χ3v) is 4.85. The van der Waals surface area contributed by atoms with Crippen molar-refractivity contribution in [2.24, 2.45) is 0 Å². The fourth-order valence-corrected chi connectivity index (χ4v) is 3.33. The molecule has 142 valence electrons. The summed E-state index contributed by atoms with van der Waals surface area (Å²) in [5.41, 5.74) is 0.759. The highest BCUT2D eigenvalue weighted by Crippen LogP contribution is 2.31. The van der Waals surface area contributed by atoms with Gasteiger partial charge in [-0.3, -0.25) is 19.8 Å². The van der Waals surface area contributed by atoms with E-state index in [4.69, 9.17) is 21.7 Å². The van der Waals surface area contributed by atoms with Crippen LogP contribution in [0.1, 0.15) is 19.5 Å². The molecule has 10 heteroatoms. The molecule has 0 saturated heterocycles. The second kappa shape index (κ2) is 9.72. The second-order valence-electron chi connectivity index (χ2n) is 5.38. The van der Waals surface area contributed by atoms with Crippen LogP contribution in [0.25, 0.3) is 10.7 Å². The SMILES string of the molecule is C=CCn1c(-c2sc(NC(=O)C(C)OCCOCC)nc2C)n[nH]c1=S. The van der Waals surface area contributed by atoms with Crippen LogP contribution < -0.4 is 5.32 Å². The van der Waals surface area contributed by atoms with Crippen LogP contribution in [0.15, 0.2) is 12.7 Å². The molecule has 2 N–H and O–H groups in total. The molecule has 0 aliphatic rings. The van der Waals surface area contributed by atoms with Gasteiger partial charge in [-0.05, 0) is 33.0 Å². The predicted molar refractivity (Wildman–Crippen MR) is 104 cm³/mol. The van der Waals surface area contributed by atoms with E-state index in [-0.39, 0.29) is 5.91 Å². The van der Waals surface area contributed by atoms with Crippen molar-refractivity contribution in [3.63, 3.8) is 0 Å². The number of thiazole rings is 1. The summed E-state index contributed by atoms with van der Waals surface area (Å²) in [6.45, 7) is 11.2. The molecule has 26 heavy (non-hydrogen) atoms. The molecule has 2 rings (SSSR count). The number of aryl methyl sites for hydroxylation is 1. The molecule has 0 spiro atoms. The zero-order chi connectivity index (χ0) is 19.1. The number of carbonyl (C=O) groups is 1. The van der Waals surface area contributed by atoms with E-state index in [2.05, 4.69) is 27.1 Å². The Kier molecular flexibility index (Phi) is 7.64. The van der Waals surface area contributed by atoms with Gasteiger partial charge in [-0.25, -0.2) is 4.98 Å². The minimum Gasteiger partial charge on any atom is -0.379 e. The van der Waals surface area contributed by atoms with E-state index in [0.29, 0.717) is 42.1 Å². The number of hydrogen-bond donors (Lipinski definition) is 2. The molecular formula is C16H23N5O3S2. The summed E-state index contributed by atoms with van der Waals surface area (Å²) >= 11 is 6.57. The van der Waals surface area contributed by atoms with Crippen LogP contribution in [0.5, 0.6) is 0 Å². The zero-order valence-electron chi connectivity index (χ0n) is 15.1.